The molecule has 21 heavy (non-hydrogen) atoms. The van der Waals surface area contributed by atoms with Gasteiger partial charge in [0.2, 0.25) is 0 Å². The molecular weight excluding hydrogens is 258 g/mol. The molecule has 1 heterocycles. The van der Waals surface area contributed by atoms with Crippen LogP contribution in [0.2, 0.25) is 0 Å². The molecule has 3 rings (SSSR count). The van der Waals surface area contributed by atoms with Crippen LogP contribution in [0.5, 0.6) is 0 Å². The molecule has 2 aromatic carbocycles. The smallest absolute Gasteiger partial charge is 0.0811 e. The fourth-order valence-corrected chi connectivity index (χ4v) is 2.95. The molecule has 0 amide bonds. The van der Waals surface area contributed by atoms with Gasteiger partial charge in [-0.05, 0) is 25.0 Å². The Morgan fingerprint density at radius 3 is 2.29 bits per heavy atom. The predicted molar refractivity (Wildman–Crippen MR) is 86.3 cm³/mol. The van der Waals surface area contributed by atoms with E-state index in [0.717, 1.165) is 13.0 Å². The molecule has 0 radical (unpaired) electrons. The Labute approximate surface area is 127 Å². The Bertz CT molecular complexity index is 565. The van der Waals surface area contributed by atoms with Crippen LogP contribution in [0.25, 0.3) is 0 Å². The first-order chi connectivity index (χ1) is 10.1. The van der Waals surface area contributed by atoms with Gasteiger partial charge in [-0.3, -0.25) is 0 Å². The second-order valence-corrected chi connectivity index (χ2v) is 6.46. The van der Waals surface area contributed by atoms with Gasteiger partial charge in [-0.2, -0.15) is 0 Å². The molecule has 0 saturated carbocycles. The van der Waals surface area contributed by atoms with E-state index in [1.165, 1.54) is 11.1 Å². The summed E-state index contributed by atoms with van der Waals surface area (Å²) in [6.07, 6.45) is 1.10. The minimum absolute atomic E-state index is 0.00763. The van der Waals surface area contributed by atoms with E-state index in [0.29, 0.717) is 0 Å². The van der Waals surface area contributed by atoms with E-state index in [1.807, 2.05) is 0 Å². The molecule has 0 spiro atoms. The van der Waals surface area contributed by atoms with Crippen LogP contribution < -0.4 is 5.32 Å². The van der Waals surface area contributed by atoms with Crippen LogP contribution in [0.4, 0.5) is 0 Å². The van der Waals surface area contributed by atoms with Crippen LogP contribution >= 0.6 is 0 Å². The third-order valence-corrected chi connectivity index (χ3v) is 4.01. The highest BCUT2D eigenvalue weighted by molar-refractivity contribution is 5.24. The largest absolute Gasteiger partial charge is 0.374 e. The Kier molecular flexibility index (Phi) is 4.09. The maximum Gasteiger partial charge on any atom is 0.0811 e. The van der Waals surface area contributed by atoms with E-state index in [2.05, 4.69) is 79.8 Å². The maximum absolute atomic E-state index is 6.20. The fourth-order valence-electron chi connectivity index (χ4n) is 2.95. The van der Waals surface area contributed by atoms with Crippen molar-refractivity contribution in [3.05, 3.63) is 71.8 Å². The molecule has 1 aliphatic rings. The van der Waals surface area contributed by atoms with Crippen molar-refractivity contribution < 1.29 is 4.74 Å². The lowest BCUT2D eigenvalue weighted by molar-refractivity contribution is -0.0527. The van der Waals surface area contributed by atoms with E-state index in [1.54, 1.807) is 0 Å². The Morgan fingerprint density at radius 1 is 1.00 bits per heavy atom. The Hall–Kier alpha value is -1.64. The van der Waals surface area contributed by atoms with E-state index < -0.39 is 0 Å². The Morgan fingerprint density at radius 2 is 1.62 bits per heavy atom. The molecule has 1 N–H and O–H groups in total. The van der Waals surface area contributed by atoms with Gasteiger partial charge in [-0.25, -0.2) is 0 Å². The van der Waals surface area contributed by atoms with E-state index in [9.17, 15) is 0 Å². The van der Waals surface area contributed by atoms with Gasteiger partial charge in [0.25, 0.3) is 0 Å². The van der Waals surface area contributed by atoms with Crippen molar-refractivity contribution in [2.24, 2.45) is 0 Å². The molecule has 2 atom stereocenters. The topological polar surface area (TPSA) is 21.3 Å². The molecule has 110 valence electrons. The van der Waals surface area contributed by atoms with Gasteiger partial charge in [0.15, 0.2) is 0 Å². The van der Waals surface area contributed by atoms with Crippen LogP contribution in [0, 0.1) is 0 Å². The normalized spacial score (nSPS) is 24.7. The van der Waals surface area contributed by atoms with Crippen molar-refractivity contribution >= 4 is 0 Å². The molecule has 0 bridgehead atoms. The average molecular weight is 281 g/mol. The van der Waals surface area contributed by atoms with E-state index in [-0.39, 0.29) is 17.7 Å². The molecule has 1 fully saturated rings. The van der Waals surface area contributed by atoms with Crippen LogP contribution in [0.1, 0.15) is 31.0 Å². The third kappa shape index (κ3) is 3.52. The van der Waals surface area contributed by atoms with Crippen LogP contribution in [0.3, 0.4) is 0 Å². The summed E-state index contributed by atoms with van der Waals surface area (Å²) in [5, 5.41) is 3.75. The van der Waals surface area contributed by atoms with Crippen molar-refractivity contribution in [1.29, 1.82) is 0 Å². The molecule has 0 aromatic heterocycles. The second-order valence-electron chi connectivity index (χ2n) is 6.46. The first-order valence-corrected chi connectivity index (χ1v) is 7.62. The summed E-state index contributed by atoms with van der Waals surface area (Å²) >= 11 is 0. The van der Waals surface area contributed by atoms with Crippen LogP contribution in [-0.4, -0.2) is 18.2 Å². The summed E-state index contributed by atoms with van der Waals surface area (Å²) in [6.45, 7) is 5.14. The van der Waals surface area contributed by atoms with Crippen molar-refractivity contribution in [3.63, 3.8) is 0 Å². The summed E-state index contributed by atoms with van der Waals surface area (Å²) in [6, 6.07) is 21.4. The predicted octanol–water partition coefficient (Wildman–Crippen LogP) is 3.74. The van der Waals surface area contributed by atoms with Gasteiger partial charge in [-0.1, -0.05) is 60.7 Å². The first kappa shape index (κ1) is 14.3. The Balaban J connectivity index is 1.83. The minimum atomic E-state index is 0.00763. The molecule has 1 saturated heterocycles. The lowest BCUT2D eigenvalue weighted by Gasteiger charge is -2.42. The van der Waals surface area contributed by atoms with Gasteiger partial charge < -0.3 is 10.1 Å². The maximum atomic E-state index is 6.20. The molecule has 2 unspecified atom stereocenters. The van der Waals surface area contributed by atoms with Gasteiger partial charge in [0.05, 0.1) is 18.8 Å². The number of hydrogen-bond donors (Lipinski definition) is 1. The zero-order chi connectivity index (χ0) is 14.7. The van der Waals surface area contributed by atoms with Crippen LogP contribution in [0.15, 0.2) is 60.7 Å². The minimum Gasteiger partial charge on any atom is -0.374 e. The first-order valence-electron chi connectivity index (χ1n) is 7.62. The highest BCUT2D eigenvalue weighted by Gasteiger charge is 2.35. The second kappa shape index (κ2) is 6.00. The summed E-state index contributed by atoms with van der Waals surface area (Å²) in [5.74, 6) is 0. The molecule has 2 heteroatoms. The van der Waals surface area contributed by atoms with Crippen LogP contribution in [-0.2, 0) is 11.2 Å². The summed E-state index contributed by atoms with van der Waals surface area (Å²) in [7, 11) is 0. The summed E-state index contributed by atoms with van der Waals surface area (Å²) < 4.78 is 6.20. The molecule has 0 aliphatic carbocycles. The SMILES string of the molecule is CC1(C)COC(Cc2ccccc2)C(c2ccccc2)N1. The van der Waals surface area contributed by atoms with Gasteiger partial charge in [-0.15, -0.1) is 0 Å². The van der Waals surface area contributed by atoms with Gasteiger partial charge in [0, 0.05) is 12.0 Å². The monoisotopic (exact) mass is 281 g/mol. The number of rotatable bonds is 3. The summed E-state index contributed by atoms with van der Waals surface area (Å²) in [5.41, 5.74) is 2.63. The molecular formula is C19H23NO. The van der Waals surface area contributed by atoms with Crippen molar-refractivity contribution in [2.45, 2.75) is 38.0 Å². The third-order valence-electron chi connectivity index (χ3n) is 4.01. The number of morpholine rings is 1. The number of benzene rings is 2. The van der Waals surface area contributed by atoms with Crippen molar-refractivity contribution in [1.82, 2.24) is 5.32 Å². The zero-order valence-electron chi connectivity index (χ0n) is 12.8. The van der Waals surface area contributed by atoms with E-state index >= 15 is 0 Å². The number of hydrogen-bond acceptors (Lipinski definition) is 2. The quantitative estimate of drug-likeness (QED) is 0.925. The van der Waals surface area contributed by atoms with Gasteiger partial charge >= 0.3 is 0 Å². The number of nitrogens with one attached hydrogen (secondary N) is 1. The highest BCUT2D eigenvalue weighted by atomic mass is 16.5. The van der Waals surface area contributed by atoms with Crippen molar-refractivity contribution in [2.75, 3.05) is 6.61 Å². The van der Waals surface area contributed by atoms with Gasteiger partial charge in [0.1, 0.15) is 0 Å². The zero-order valence-corrected chi connectivity index (χ0v) is 12.8. The molecule has 1 aliphatic heterocycles. The van der Waals surface area contributed by atoms with E-state index in [4.69, 9.17) is 4.74 Å². The molecule has 2 aromatic rings. The average Bonchev–Trinajstić information content (AvgIpc) is 2.51. The lowest BCUT2D eigenvalue weighted by Crippen LogP contribution is -2.55. The molecule has 2 nitrogen and oxygen atoms in total. The fraction of sp³-hybridized carbons (Fsp3) is 0.368. The highest BCUT2D eigenvalue weighted by Crippen LogP contribution is 2.29. The number of ether oxygens (including phenoxy) is 1. The lowest BCUT2D eigenvalue weighted by atomic mass is 9.90. The van der Waals surface area contributed by atoms with Crippen molar-refractivity contribution in [3.8, 4) is 0 Å². The standard InChI is InChI=1S/C19H23NO/c1-19(2)14-21-17(13-15-9-5-3-6-10-15)18(20-19)16-11-7-4-8-12-16/h3-12,17-18,20H,13-14H2,1-2H3. The summed E-state index contributed by atoms with van der Waals surface area (Å²) in [4.78, 5) is 0.